The second kappa shape index (κ2) is 8.76. The fourth-order valence-electron chi connectivity index (χ4n) is 1.75. The highest BCUT2D eigenvalue weighted by molar-refractivity contribution is 7.57. The van der Waals surface area contributed by atoms with Gasteiger partial charge in [0.2, 0.25) is 0 Å². The topological polar surface area (TPSA) is 52.6 Å². The molecule has 0 atom stereocenters. The molecule has 20 heavy (non-hydrogen) atoms. The van der Waals surface area contributed by atoms with Crippen LogP contribution in [0.5, 0.6) is 0 Å². The van der Waals surface area contributed by atoms with E-state index in [4.69, 9.17) is 9.05 Å². The van der Waals surface area contributed by atoms with Crippen molar-refractivity contribution >= 4 is 13.4 Å². The lowest BCUT2D eigenvalue weighted by molar-refractivity contribution is -0.122. The van der Waals surface area contributed by atoms with Gasteiger partial charge in [-0.3, -0.25) is 9.36 Å². The van der Waals surface area contributed by atoms with Crippen LogP contribution in [-0.4, -0.2) is 19.0 Å². The Morgan fingerprint density at radius 2 is 1.60 bits per heavy atom. The van der Waals surface area contributed by atoms with Crippen molar-refractivity contribution in [3.05, 3.63) is 11.4 Å². The normalized spacial score (nSPS) is 13.6. The van der Waals surface area contributed by atoms with E-state index in [9.17, 15) is 9.36 Å². The molecule has 0 saturated carbocycles. The Morgan fingerprint density at radius 1 is 1.10 bits per heavy atom. The van der Waals surface area contributed by atoms with Crippen molar-refractivity contribution in [2.45, 2.75) is 60.8 Å². The van der Waals surface area contributed by atoms with Crippen LogP contribution in [0.15, 0.2) is 11.4 Å². The zero-order chi connectivity index (χ0) is 15.8. The van der Waals surface area contributed by atoms with E-state index in [1.54, 1.807) is 13.8 Å². The molecule has 118 valence electrons. The van der Waals surface area contributed by atoms with Crippen LogP contribution >= 0.6 is 7.60 Å². The van der Waals surface area contributed by atoms with Crippen LogP contribution < -0.4 is 0 Å². The third-order valence-corrected chi connectivity index (χ3v) is 4.57. The number of carbonyl (C=O) groups is 1. The van der Waals surface area contributed by atoms with E-state index >= 15 is 0 Å². The molecule has 0 heterocycles. The second-order valence-electron chi connectivity index (χ2n) is 5.71. The highest BCUT2D eigenvalue weighted by atomic mass is 31.2. The largest absolute Gasteiger partial charge is 0.354 e. The maximum absolute atomic E-state index is 12.5. The smallest absolute Gasteiger partial charge is 0.306 e. The number of hydrogen-bond acceptors (Lipinski definition) is 4. The lowest BCUT2D eigenvalue weighted by Gasteiger charge is -2.21. The fraction of sp³-hybridized carbons (Fsp3) is 0.800. The number of rotatable bonds is 9. The van der Waals surface area contributed by atoms with Gasteiger partial charge in [0.05, 0.1) is 13.2 Å². The Bertz CT molecular complexity index is 370. The molecular weight excluding hydrogens is 275 g/mol. The standard InChI is InChI=1S/C15H29O4P/c1-7-10-11-13(14(16)15(4,5)6)12-20(17,18-8-2)19-9-3/h12H,7-11H2,1-6H3. The zero-order valence-corrected chi connectivity index (χ0v) is 14.6. The lowest BCUT2D eigenvalue weighted by Crippen LogP contribution is -2.22. The van der Waals surface area contributed by atoms with E-state index in [2.05, 4.69) is 6.92 Å². The number of unbranched alkanes of at least 4 members (excludes halogenated alkanes) is 1. The van der Waals surface area contributed by atoms with Crippen LogP contribution in [0.3, 0.4) is 0 Å². The van der Waals surface area contributed by atoms with Gasteiger partial charge >= 0.3 is 7.60 Å². The summed E-state index contributed by atoms with van der Waals surface area (Å²) < 4.78 is 23.0. The molecule has 0 rings (SSSR count). The van der Waals surface area contributed by atoms with Gasteiger partial charge in [0.25, 0.3) is 0 Å². The first kappa shape index (κ1) is 19.6. The minimum Gasteiger partial charge on any atom is -0.306 e. The molecular formula is C15H29O4P. The minimum absolute atomic E-state index is 0.00517. The maximum atomic E-state index is 12.5. The van der Waals surface area contributed by atoms with Crippen LogP contribution in [-0.2, 0) is 18.4 Å². The van der Waals surface area contributed by atoms with Crippen LogP contribution in [0.2, 0.25) is 0 Å². The van der Waals surface area contributed by atoms with E-state index in [-0.39, 0.29) is 5.78 Å². The van der Waals surface area contributed by atoms with E-state index in [1.165, 1.54) is 5.82 Å². The molecule has 0 amide bonds. The SMILES string of the molecule is CCCCC(=CP(=O)(OCC)OCC)C(=O)C(C)(C)C. The molecule has 0 saturated heterocycles. The molecule has 0 aliphatic rings. The predicted octanol–water partition coefficient (Wildman–Crippen LogP) is 4.94. The minimum atomic E-state index is -3.32. The number of ketones is 1. The van der Waals surface area contributed by atoms with Crippen molar-refractivity contribution in [3.63, 3.8) is 0 Å². The summed E-state index contributed by atoms with van der Waals surface area (Å²) in [6.45, 7) is 11.7. The van der Waals surface area contributed by atoms with Gasteiger partial charge in [0.15, 0.2) is 5.78 Å². The summed E-state index contributed by atoms with van der Waals surface area (Å²) in [5.74, 6) is 1.44. The van der Waals surface area contributed by atoms with Gasteiger partial charge in [-0.1, -0.05) is 34.1 Å². The molecule has 0 N–H and O–H groups in total. The first-order valence-electron chi connectivity index (χ1n) is 7.35. The average Bonchev–Trinajstić information content (AvgIpc) is 2.33. The van der Waals surface area contributed by atoms with Crippen molar-refractivity contribution < 1.29 is 18.4 Å². The van der Waals surface area contributed by atoms with Gasteiger partial charge in [-0.25, -0.2) is 0 Å². The molecule has 0 fully saturated rings. The van der Waals surface area contributed by atoms with Crippen molar-refractivity contribution in [2.24, 2.45) is 5.41 Å². The van der Waals surface area contributed by atoms with E-state index in [1.807, 2.05) is 20.8 Å². The van der Waals surface area contributed by atoms with Crippen molar-refractivity contribution in [2.75, 3.05) is 13.2 Å². The van der Waals surface area contributed by atoms with Crippen molar-refractivity contribution in [1.29, 1.82) is 0 Å². The molecule has 0 bridgehead atoms. The second-order valence-corrected chi connectivity index (χ2v) is 7.57. The van der Waals surface area contributed by atoms with Gasteiger partial charge in [0.1, 0.15) is 0 Å². The Hall–Kier alpha value is -0.440. The van der Waals surface area contributed by atoms with Gasteiger partial charge in [-0.2, -0.15) is 0 Å². The molecule has 0 spiro atoms. The summed E-state index contributed by atoms with van der Waals surface area (Å²) >= 11 is 0. The third kappa shape index (κ3) is 6.83. The van der Waals surface area contributed by atoms with E-state index < -0.39 is 13.0 Å². The van der Waals surface area contributed by atoms with E-state index in [0.29, 0.717) is 25.2 Å². The molecule has 0 aromatic carbocycles. The average molecular weight is 304 g/mol. The lowest BCUT2D eigenvalue weighted by atomic mass is 9.85. The molecule has 0 aromatic rings. The molecule has 5 heteroatoms. The summed E-state index contributed by atoms with van der Waals surface area (Å²) in [4.78, 5) is 12.5. The number of allylic oxidation sites excluding steroid dienone is 1. The summed E-state index contributed by atoms with van der Waals surface area (Å²) in [6, 6.07) is 0. The summed E-state index contributed by atoms with van der Waals surface area (Å²) in [5, 5.41) is 0. The Kier molecular flexibility index (Phi) is 8.57. The van der Waals surface area contributed by atoms with Crippen LogP contribution in [0, 0.1) is 5.41 Å². The summed E-state index contributed by atoms with van der Waals surface area (Å²) in [7, 11) is -3.32. The summed E-state index contributed by atoms with van der Waals surface area (Å²) in [6.07, 6.45) is 2.46. The molecule has 0 aliphatic carbocycles. The number of carbonyl (C=O) groups excluding carboxylic acids is 1. The highest BCUT2D eigenvalue weighted by Gasteiger charge is 2.29. The summed E-state index contributed by atoms with van der Waals surface area (Å²) in [5.41, 5.74) is 0.0626. The quantitative estimate of drug-likeness (QED) is 0.447. The fourth-order valence-corrected chi connectivity index (χ4v) is 3.32. The zero-order valence-electron chi connectivity index (χ0n) is 13.7. The van der Waals surface area contributed by atoms with E-state index in [0.717, 1.165) is 12.8 Å². The van der Waals surface area contributed by atoms with Gasteiger partial charge in [-0.15, -0.1) is 0 Å². The molecule has 4 nitrogen and oxygen atoms in total. The van der Waals surface area contributed by atoms with Crippen molar-refractivity contribution in [3.8, 4) is 0 Å². The maximum Gasteiger partial charge on any atom is 0.354 e. The number of hydrogen-bond donors (Lipinski definition) is 0. The molecule has 0 radical (unpaired) electrons. The van der Waals surface area contributed by atoms with Crippen LogP contribution in [0.25, 0.3) is 0 Å². The van der Waals surface area contributed by atoms with Gasteiger partial charge in [-0.05, 0) is 26.7 Å². The van der Waals surface area contributed by atoms with Gasteiger partial charge in [0, 0.05) is 16.8 Å². The van der Waals surface area contributed by atoms with Crippen molar-refractivity contribution in [1.82, 2.24) is 0 Å². The van der Waals surface area contributed by atoms with Crippen LogP contribution in [0.4, 0.5) is 0 Å². The molecule has 0 aliphatic heterocycles. The highest BCUT2D eigenvalue weighted by Crippen LogP contribution is 2.51. The first-order chi connectivity index (χ1) is 9.20. The molecule has 0 aromatic heterocycles. The Labute approximate surface area is 123 Å². The first-order valence-corrected chi connectivity index (χ1v) is 8.96. The predicted molar refractivity (Wildman–Crippen MR) is 82.9 cm³/mol. The monoisotopic (exact) mass is 304 g/mol. The van der Waals surface area contributed by atoms with Crippen LogP contribution in [0.1, 0.15) is 60.8 Å². The third-order valence-electron chi connectivity index (χ3n) is 2.70. The number of Topliss-reactive ketones (excluding diaryl/α,β-unsaturated/α-hetero) is 1. The molecule has 0 unspecified atom stereocenters. The van der Waals surface area contributed by atoms with Gasteiger partial charge < -0.3 is 9.05 Å². The Morgan fingerprint density at radius 3 is 1.95 bits per heavy atom. The Balaban J connectivity index is 5.41.